The summed E-state index contributed by atoms with van der Waals surface area (Å²) in [5, 5.41) is 11.9. The van der Waals surface area contributed by atoms with E-state index in [4.69, 9.17) is 23.2 Å². The minimum Gasteiger partial charge on any atom is -0.319 e. The zero-order valence-corrected chi connectivity index (χ0v) is 14.7. The van der Waals surface area contributed by atoms with Crippen LogP contribution in [0.5, 0.6) is 0 Å². The van der Waals surface area contributed by atoms with Gasteiger partial charge in [-0.2, -0.15) is 0 Å². The standard InChI is InChI=1S/C16H10Cl2N4OS/c1-22-11-4-2-3-5-12(11)24-16(22)21-20-14-9-6-8(17)7-10(18)13(9)19-15(14)23/h2-7H,1H3,(H,19,20,23)/b21-16-. The van der Waals surface area contributed by atoms with E-state index in [0.717, 1.165) is 10.2 Å². The average molecular weight is 377 g/mol. The summed E-state index contributed by atoms with van der Waals surface area (Å²) in [6, 6.07) is 11.2. The Kier molecular flexibility index (Phi) is 3.68. The summed E-state index contributed by atoms with van der Waals surface area (Å²) >= 11 is 13.6. The lowest BCUT2D eigenvalue weighted by molar-refractivity contribution is -0.110. The molecule has 1 aromatic heterocycles. The van der Waals surface area contributed by atoms with Gasteiger partial charge in [-0.3, -0.25) is 4.79 Å². The predicted octanol–water partition coefficient (Wildman–Crippen LogP) is 3.80. The number of halogens is 2. The molecule has 0 saturated carbocycles. The fourth-order valence-electron chi connectivity index (χ4n) is 2.55. The molecule has 0 bridgehead atoms. The molecule has 24 heavy (non-hydrogen) atoms. The van der Waals surface area contributed by atoms with Gasteiger partial charge in [0.2, 0.25) is 4.80 Å². The average Bonchev–Trinajstić information content (AvgIpc) is 3.04. The largest absolute Gasteiger partial charge is 0.319 e. The summed E-state index contributed by atoms with van der Waals surface area (Å²) in [7, 11) is 1.91. The first kappa shape index (κ1) is 15.4. The van der Waals surface area contributed by atoms with E-state index in [2.05, 4.69) is 15.5 Å². The molecule has 1 N–H and O–H groups in total. The van der Waals surface area contributed by atoms with Crippen LogP contribution < -0.4 is 10.1 Å². The SMILES string of the molecule is Cn1/c(=N/N=C2\C(=O)Nc3c(Cl)cc(Cl)cc32)sc2ccccc21. The van der Waals surface area contributed by atoms with Gasteiger partial charge in [0.15, 0.2) is 5.71 Å². The number of rotatable bonds is 1. The number of nitrogens with one attached hydrogen (secondary N) is 1. The molecule has 1 aliphatic rings. The van der Waals surface area contributed by atoms with Gasteiger partial charge in [-0.05, 0) is 24.3 Å². The first-order chi connectivity index (χ1) is 11.5. The third-order valence-electron chi connectivity index (χ3n) is 3.71. The second-order valence-corrected chi connectivity index (χ2v) is 7.08. The van der Waals surface area contributed by atoms with E-state index >= 15 is 0 Å². The van der Waals surface area contributed by atoms with E-state index < -0.39 is 0 Å². The van der Waals surface area contributed by atoms with Crippen molar-refractivity contribution in [3.05, 3.63) is 56.8 Å². The molecule has 3 aromatic rings. The van der Waals surface area contributed by atoms with E-state index in [0.29, 0.717) is 26.1 Å². The number of para-hydroxylation sites is 1. The van der Waals surface area contributed by atoms with Gasteiger partial charge >= 0.3 is 0 Å². The summed E-state index contributed by atoms with van der Waals surface area (Å²) in [6.45, 7) is 0. The molecular formula is C16H10Cl2N4OS. The third-order valence-corrected chi connectivity index (χ3v) is 5.33. The van der Waals surface area contributed by atoms with Crippen LogP contribution in [-0.2, 0) is 11.8 Å². The van der Waals surface area contributed by atoms with Crippen molar-refractivity contribution in [2.75, 3.05) is 5.32 Å². The Hall–Kier alpha value is -2.15. The van der Waals surface area contributed by atoms with Crippen LogP contribution in [0.1, 0.15) is 5.56 Å². The number of anilines is 1. The molecule has 1 amide bonds. The van der Waals surface area contributed by atoms with E-state index in [1.807, 2.05) is 35.9 Å². The van der Waals surface area contributed by atoms with Gasteiger partial charge in [0.25, 0.3) is 5.91 Å². The molecule has 0 unspecified atom stereocenters. The van der Waals surface area contributed by atoms with Crippen molar-refractivity contribution in [2.24, 2.45) is 17.3 Å². The fourth-order valence-corrected chi connectivity index (χ4v) is 4.06. The van der Waals surface area contributed by atoms with Gasteiger partial charge in [-0.15, -0.1) is 10.2 Å². The summed E-state index contributed by atoms with van der Waals surface area (Å²) in [5.41, 5.74) is 2.33. The number of hydrogen-bond donors (Lipinski definition) is 1. The van der Waals surface area contributed by atoms with Crippen LogP contribution in [0, 0.1) is 0 Å². The number of thiazole rings is 1. The van der Waals surface area contributed by atoms with E-state index in [1.165, 1.54) is 11.3 Å². The molecule has 2 heterocycles. The maximum Gasteiger partial charge on any atom is 0.276 e. The van der Waals surface area contributed by atoms with Crippen molar-refractivity contribution in [1.82, 2.24) is 4.57 Å². The van der Waals surface area contributed by atoms with E-state index in [-0.39, 0.29) is 11.6 Å². The minimum atomic E-state index is -0.346. The Morgan fingerprint density at radius 1 is 1.17 bits per heavy atom. The van der Waals surface area contributed by atoms with Crippen molar-refractivity contribution < 1.29 is 4.79 Å². The maximum atomic E-state index is 12.2. The number of carbonyl (C=O) groups is 1. The molecule has 1 aliphatic heterocycles. The lowest BCUT2D eigenvalue weighted by Crippen LogP contribution is -2.15. The first-order valence-corrected chi connectivity index (χ1v) is 8.59. The highest BCUT2D eigenvalue weighted by Gasteiger charge is 2.28. The van der Waals surface area contributed by atoms with Gasteiger partial charge in [-0.25, -0.2) is 0 Å². The predicted molar refractivity (Wildman–Crippen MR) is 98.0 cm³/mol. The lowest BCUT2D eigenvalue weighted by atomic mass is 10.1. The molecule has 2 aromatic carbocycles. The van der Waals surface area contributed by atoms with Crippen molar-refractivity contribution in [1.29, 1.82) is 0 Å². The Labute approximate surface area is 150 Å². The van der Waals surface area contributed by atoms with Crippen LogP contribution in [0.25, 0.3) is 10.2 Å². The summed E-state index contributed by atoms with van der Waals surface area (Å²) in [4.78, 5) is 12.9. The van der Waals surface area contributed by atoms with Gasteiger partial charge in [0.05, 0.1) is 20.9 Å². The molecule has 4 rings (SSSR count). The number of nitrogens with zero attached hydrogens (tertiary/aromatic N) is 3. The van der Waals surface area contributed by atoms with Crippen LogP contribution in [0.3, 0.4) is 0 Å². The summed E-state index contributed by atoms with van der Waals surface area (Å²) < 4.78 is 3.03. The number of hydrogen-bond acceptors (Lipinski definition) is 4. The monoisotopic (exact) mass is 376 g/mol. The van der Waals surface area contributed by atoms with E-state index in [9.17, 15) is 4.79 Å². The number of aromatic nitrogens is 1. The molecule has 8 heteroatoms. The van der Waals surface area contributed by atoms with Crippen molar-refractivity contribution >= 4 is 62.1 Å². The number of carbonyl (C=O) groups excluding carboxylic acids is 1. The van der Waals surface area contributed by atoms with Crippen LogP contribution >= 0.6 is 34.5 Å². The molecule has 0 fully saturated rings. The smallest absolute Gasteiger partial charge is 0.276 e. The Bertz CT molecular complexity index is 1100. The van der Waals surface area contributed by atoms with Gasteiger partial charge in [-0.1, -0.05) is 46.7 Å². The Morgan fingerprint density at radius 2 is 1.96 bits per heavy atom. The molecule has 5 nitrogen and oxygen atoms in total. The fraction of sp³-hybridized carbons (Fsp3) is 0.0625. The molecule has 120 valence electrons. The zero-order valence-electron chi connectivity index (χ0n) is 12.4. The maximum absolute atomic E-state index is 12.2. The molecule has 0 saturated heterocycles. The first-order valence-electron chi connectivity index (χ1n) is 7.01. The van der Waals surface area contributed by atoms with Crippen molar-refractivity contribution in [3.63, 3.8) is 0 Å². The van der Waals surface area contributed by atoms with Crippen LogP contribution in [0.4, 0.5) is 5.69 Å². The molecular weight excluding hydrogens is 367 g/mol. The van der Waals surface area contributed by atoms with Gasteiger partial charge in [0, 0.05) is 17.6 Å². The number of benzene rings is 2. The van der Waals surface area contributed by atoms with Gasteiger partial charge in [0.1, 0.15) is 0 Å². The van der Waals surface area contributed by atoms with Crippen LogP contribution in [0.2, 0.25) is 10.0 Å². The highest BCUT2D eigenvalue weighted by atomic mass is 35.5. The number of fused-ring (bicyclic) bond motifs is 2. The van der Waals surface area contributed by atoms with E-state index in [1.54, 1.807) is 12.1 Å². The second kappa shape index (κ2) is 5.73. The zero-order chi connectivity index (χ0) is 16.8. The Morgan fingerprint density at radius 3 is 2.75 bits per heavy atom. The summed E-state index contributed by atoms with van der Waals surface area (Å²) in [5.74, 6) is -0.346. The quantitative estimate of drug-likeness (QED) is 0.645. The van der Waals surface area contributed by atoms with Crippen LogP contribution in [0.15, 0.2) is 46.6 Å². The van der Waals surface area contributed by atoms with Crippen molar-refractivity contribution in [2.45, 2.75) is 0 Å². The lowest BCUT2D eigenvalue weighted by Gasteiger charge is -2.00. The van der Waals surface area contributed by atoms with Crippen LogP contribution in [-0.4, -0.2) is 16.2 Å². The normalized spacial score (nSPS) is 16.0. The van der Waals surface area contributed by atoms with Crippen molar-refractivity contribution in [3.8, 4) is 0 Å². The topological polar surface area (TPSA) is 58.8 Å². The number of aryl methyl sites for hydroxylation is 1. The molecule has 0 radical (unpaired) electrons. The summed E-state index contributed by atoms with van der Waals surface area (Å²) in [6.07, 6.45) is 0. The minimum absolute atomic E-state index is 0.201. The Balaban J connectivity index is 1.88. The highest BCUT2D eigenvalue weighted by molar-refractivity contribution is 7.16. The highest BCUT2D eigenvalue weighted by Crippen LogP contribution is 2.34. The van der Waals surface area contributed by atoms with Gasteiger partial charge < -0.3 is 9.88 Å². The molecule has 0 spiro atoms. The second-order valence-electron chi connectivity index (χ2n) is 5.22. The third kappa shape index (κ3) is 2.43. The molecule has 0 atom stereocenters. The molecule has 0 aliphatic carbocycles. The number of amides is 1.